The predicted molar refractivity (Wildman–Crippen MR) is 62.4 cm³/mol. The quantitative estimate of drug-likeness (QED) is 0.801. The molecular weight excluding hydrogens is 226 g/mol. The van der Waals surface area contributed by atoms with Crippen LogP contribution in [0.1, 0.15) is 11.8 Å². The van der Waals surface area contributed by atoms with Crippen molar-refractivity contribution in [2.45, 2.75) is 19.9 Å². The van der Waals surface area contributed by atoms with Gasteiger partial charge in [0.2, 0.25) is 5.91 Å². The maximum Gasteiger partial charge on any atom is 0.236 e. The highest BCUT2D eigenvalue weighted by Gasteiger charge is 2.44. The molecule has 1 fully saturated rings. The smallest absolute Gasteiger partial charge is 0.236 e. The Morgan fingerprint density at radius 3 is 3.06 bits per heavy atom. The number of carbonyl (C=O) groups is 1. The fourth-order valence-corrected chi connectivity index (χ4v) is 2.23. The lowest BCUT2D eigenvalue weighted by Gasteiger charge is -2.24. The molecule has 16 heavy (non-hydrogen) atoms. The van der Waals surface area contributed by atoms with Gasteiger partial charge in [-0.05, 0) is 13.8 Å². The fourth-order valence-electron chi connectivity index (χ4n) is 1.58. The molecule has 1 amide bonds. The van der Waals surface area contributed by atoms with Gasteiger partial charge in [0.1, 0.15) is 0 Å². The van der Waals surface area contributed by atoms with Gasteiger partial charge in [0.15, 0.2) is 5.13 Å². The van der Waals surface area contributed by atoms with Crippen LogP contribution in [-0.2, 0) is 9.53 Å². The monoisotopic (exact) mass is 241 g/mol. The minimum Gasteiger partial charge on any atom is -0.379 e. The van der Waals surface area contributed by atoms with Gasteiger partial charge >= 0.3 is 0 Å². The van der Waals surface area contributed by atoms with Crippen LogP contribution in [0.4, 0.5) is 5.13 Å². The topological polar surface area (TPSA) is 77.2 Å². The second kappa shape index (κ2) is 4.12. The summed E-state index contributed by atoms with van der Waals surface area (Å²) in [7, 11) is 0. The van der Waals surface area contributed by atoms with Gasteiger partial charge in [-0.15, -0.1) is 11.3 Å². The number of aromatic nitrogens is 1. The lowest BCUT2D eigenvalue weighted by Crippen LogP contribution is -2.47. The van der Waals surface area contributed by atoms with Gasteiger partial charge in [0.25, 0.3) is 0 Å². The molecule has 3 N–H and O–H groups in total. The van der Waals surface area contributed by atoms with Crippen molar-refractivity contribution in [2.75, 3.05) is 18.5 Å². The Morgan fingerprint density at radius 1 is 1.81 bits per heavy atom. The Morgan fingerprint density at radius 2 is 2.56 bits per heavy atom. The second-order valence-corrected chi connectivity index (χ2v) is 5.50. The molecule has 5 nitrogen and oxygen atoms in total. The minimum absolute atomic E-state index is 0.119. The first-order chi connectivity index (χ1) is 7.52. The molecule has 0 aromatic carbocycles. The summed E-state index contributed by atoms with van der Waals surface area (Å²) in [6.45, 7) is 4.56. The molecule has 0 bridgehead atoms. The van der Waals surface area contributed by atoms with Crippen molar-refractivity contribution >= 4 is 22.4 Å². The number of hydrogen-bond acceptors (Lipinski definition) is 5. The van der Waals surface area contributed by atoms with Gasteiger partial charge in [0, 0.05) is 17.1 Å². The molecule has 2 heterocycles. The van der Waals surface area contributed by atoms with Gasteiger partial charge < -0.3 is 15.8 Å². The average Bonchev–Trinajstić information content (AvgIpc) is 2.76. The van der Waals surface area contributed by atoms with E-state index in [2.05, 4.69) is 10.3 Å². The van der Waals surface area contributed by atoms with Crippen molar-refractivity contribution in [1.82, 2.24) is 4.98 Å². The molecule has 2 unspecified atom stereocenters. The maximum absolute atomic E-state index is 12.1. The van der Waals surface area contributed by atoms with Crippen LogP contribution in [0.25, 0.3) is 0 Å². The van der Waals surface area contributed by atoms with E-state index >= 15 is 0 Å². The maximum atomic E-state index is 12.1. The third-order valence-electron chi connectivity index (χ3n) is 2.88. The molecule has 1 saturated heterocycles. The van der Waals surface area contributed by atoms with Crippen molar-refractivity contribution in [3.8, 4) is 0 Å². The number of carbonyl (C=O) groups excluding carboxylic acids is 1. The number of aryl methyl sites for hydroxylation is 1. The second-order valence-electron chi connectivity index (χ2n) is 4.27. The van der Waals surface area contributed by atoms with E-state index in [1.165, 1.54) is 11.3 Å². The normalized spacial score (nSPS) is 29.3. The van der Waals surface area contributed by atoms with E-state index in [1.807, 2.05) is 13.8 Å². The third-order valence-corrected chi connectivity index (χ3v) is 3.71. The Balaban J connectivity index is 2.08. The number of thiazole rings is 1. The van der Waals surface area contributed by atoms with Crippen LogP contribution >= 0.6 is 11.3 Å². The average molecular weight is 241 g/mol. The van der Waals surface area contributed by atoms with E-state index in [0.717, 1.165) is 4.88 Å². The van der Waals surface area contributed by atoms with Gasteiger partial charge in [-0.1, -0.05) is 0 Å². The molecule has 6 heteroatoms. The van der Waals surface area contributed by atoms with Crippen molar-refractivity contribution in [3.63, 3.8) is 0 Å². The first kappa shape index (κ1) is 11.5. The number of anilines is 1. The summed E-state index contributed by atoms with van der Waals surface area (Å²) in [4.78, 5) is 17.2. The number of rotatable bonds is 2. The molecule has 0 aliphatic carbocycles. The van der Waals surface area contributed by atoms with Crippen molar-refractivity contribution < 1.29 is 9.53 Å². The van der Waals surface area contributed by atoms with Gasteiger partial charge in [-0.25, -0.2) is 4.98 Å². The van der Waals surface area contributed by atoms with E-state index in [-0.39, 0.29) is 11.9 Å². The minimum atomic E-state index is -0.653. The van der Waals surface area contributed by atoms with E-state index < -0.39 is 5.41 Å². The Kier molecular flexibility index (Phi) is 2.96. The number of nitrogens with two attached hydrogens (primary N) is 1. The summed E-state index contributed by atoms with van der Waals surface area (Å²) in [6, 6.07) is -0.256. The summed E-state index contributed by atoms with van der Waals surface area (Å²) < 4.78 is 5.23. The summed E-state index contributed by atoms with van der Waals surface area (Å²) in [5.41, 5.74) is 5.22. The number of nitrogens with zero attached hydrogens (tertiary/aromatic N) is 1. The number of hydrogen-bond donors (Lipinski definition) is 2. The van der Waals surface area contributed by atoms with Crippen molar-refractivity contribution in [2.24, 2.45) is 11.1 Å². The molecule has 1 aromatic heterocycles. The molecule has 2 atom stereocenters. The summed E-state index contributed by atoms with van der Waals surface area (Å²) in [5, 5.41) is 3.40. The highest BCUT2D eigenvalue weighted by atomic mass is 32.1. The zero-order valence-corrected chi connectivity index (χ0v) is 10.1. The number of ether oxygens (including phenoxy) is 1. The molecule has 0 saturated carbocycles. The highest BCUT2D eigenvalue weighted by Crippen LogP contribution is 2.29. The fraction of sp³-hybridized carbons (Fsp3) is 0.600. The zero-order chi connectivity index (χ0) is 11.8. The lowest BCUT2D eigenvalue weighted by molar-refractivity contribution is -0.125. The third kappa shape index (κ3) is 1.95. The molecule has 1 aliphatic rings. The predicted octanol–water partition coefficient (Wildman–Crippen LogP) is 0.754. The first-order valence-corrected chi connectivity index (χ1v) is 5.91. The molecule has 1 aliphatic heterocycles. The Labute approximate surface area is 98.0 Å². The highest BCUT2D eigenvalue weighted by molar-refractivity contribution is 7.15. The molecule has 1 aromatic rings. The van der Waals surface area contributed by atoms with Crippen LogP contribution in [0.15, 0.2) is 6.20 Å². The van der Waals surface area contributed by atoms with Gasteiger partial charge in [-0.2, -0.15) is 0 Å². The summed E-state index contributed by atoms with van der Waals surface area (Å²) in [6.07, 6.45) is 1.73. The zero-order valence-electron chi connectivity index (χ0n) is 9.32. The standard InChI is InChI=1S/C10H15N3O2S/c1-6-3-12-9(16-6)13-8(14)10(2)5-15-4-7(10)11/h3,7H,4-5,11H2,1-2H3,(H,12,13,14). The Hall–Kier alpha value is -0.980. The lowest BCUT2D eigenvalue weighted by atomic mass is 9.85. The van der Waals surface area contributed by atoms with Crippen LogP contribution in [0.3, 0.4) is 0 Å². The van der Waals surface area contributed by atoms with Crippen LogP contribution in [0, 0.1) is 12.3 Å². The summed E-state index contributed by atoms with van der Waals surface area (Å²) in [5.74, 6) is -0.119. The molecule has 0 radical (unpaired) electrons. The molecule has 2 rings (SSSR count). The van der Waals surface area contributed by atoms with E-state index in [1.54, 1.807) is 6.20 Å². The van der Waals surface area contributed by atoms with E-state index in [0.29, 0.717) is 18.3 Å². The molecular formula is C10H15N3O2S. The van der Waals surface area contributed by atoms with Crippen molar-refractivity contribution in [3.05, 3.63) is 11.1 Å². The molecule has 0 spiro atoms. The SMILES string of the molecule is Cc1cnc(NC(=O)C2(C)COCC2N)s1. The number of nitrogens with one attached hydrogen (secondary N) is 1. The van der Waals surface area contributed by atoms with Gasteiger partial charge in [-0.3, -0.25) is 4.79 Å². The van der Waals surface area contributed by atoms with Crippen LogP contribution < -0.4 is 11.1 Å². The summed E-state index contributed by atoms with van der Waals surface area (Å²) >= 11 is 1.45. The van der Waals surface area contributed by atoms with Crippen molar-refractivity contribution in [1.29, 1.82) is 0 Å². The van der Waals surface area contributed by atoms with Gasteiger partial charge in [0.05, 0.1) is 18.6 Å². The van der Waals surface area contributed by atoms with E-state index in [4.69, 9.17) is 10.5 Å². The van der Waals surface area contributed by atoms with E-state index in [9.17, 15) is 4.79 Å². The van der Waals surface area contributed by atoms with Crippen LogP contribution in [-0.4, -0.2) is 30.1 Å². The van der Waals surface area contributed by atoms with Crippen LogP contribution in [0.5, 0.6) is 0 Å². The number of amides is 1. The first-order valence-electron chi connectivity index (χ1n) is 5.09. The largest absolute Gasteiger partial charge is 0.379 e. The Bertz CT molecular complexity index is 407. The van der Waals surface area contributed by atoms with Crippen LogP contribution in [0.2, 0.25) is 0 Å². The molecule has 88 valence electrons.